The lowest BCUT2D eigenvalue weighted by Gasteiger charge is -2.26. The Morgan fingerprint density at radius 1 is 1.08 bits per heavy atom. The molecule has 2 aromatic rings. The van der Waals surface area contributed by atoms with Gasteiger partial charge in [-0.25, -0.2) is 0 Å². The molecular formula is C21H27N3S. The SMILES string of the molecule is Cc1cccc(NC(=S)N(C)Cc2ccccc2N2CCCC2)c1C. The smallest absolute Gasteiger partial charge is 0.173 e. The van der Waals surface area contributed by atoms with Crippen molar-refractivity contribution in [2.45, 2.75) is 33.2 Å². The van der Waals surface area contributed by atoms with Crippen LogP contribution in [0.25, 0.3) is 0 Å². The van der Waals surface area contributed by atoms with Crippen LogP contribution in [-0.4, -0.2) is 30.1 Å². The maximum absolute atomic E-state index is 5.64. The molecule has 0 amide bonds. The molecule has 3 nitrogen and oxygen atoms in total. The fourth-order valence-electron chi connectivity index (χ4n) is 3.34. The molecule has 0 aliphatic carbocycles. The van der Waals surface area contributed by atoms with Crippen LogP contribution in [-0.2, 0) is 6.54 Å². The van der Waals surface area contributed by atoms with Crippen LogP contribution >= 0.6 is 12.2 Å². The van der Waals surface area contributed by atoms with Crippen molar-refractivity contribution in [1.82, 2.24) is 4.90 Å². The van der Waals surface area contributed by atoms with Crippen LogP contribution in [0.2, 0.25) is 0 Å². The van der Waals surface area contributed by atoms with E-state index in [1.807, 2.05) is 0 Å². The third kappa shape index (κ3) is 4.13. The van der Waals surface area contributed by atoms with Gasteiger partial charge in [0.15, 0.2) is 5.11 Å². The molecule has 1 saturated heterocycles. The van der Waals surface area contributed by atoms with Gasteiger partial charge in [0.2, 0.25) is 0 Å². The van der Waals surface area contributed by atoms with Crippen molar-refractivity contribution < 1.29 is 0 Å². The number of thiocarbonyl (C=S) groups is 1. The molecule has 0 saturated carbocycles. The number of rotatable bonds is 4. The van der Waals surface area contributed by atoms with Crippen molar-refractivity contribution in [2.75, 3.05) is 30.4 Å². The monoisotopic (exact) mass is 353 g/mol. The molecule has 1 N–H and O–H groups in total. The molecular weight excluding hydrogens is 326 g/mol. The fraction of sp³-hybridized carbons (Fsp3) is 0.381. The summed E-state index contributed by atoms with van der Waals surface area (Å²) in [6.07, 6.45) is 2.58. The molecule has 1 aliphatic rings. The van der Waals surface area contributed by atoms with E-state index in [9.17, 15) is 0 Å². The fourth-order valence-corrected chi connectivity index (χ4v) is 3.51. The number of benzene rings is 2. The summed E-state index contributed by atoms with van der Waals surface area (Å²) in [5, 5.41) is 4.16. The van der Waals surface area contributed by atoms with E-state index in [1.165, 1.54) is 35.2 Å². The number of hydrogen-bond donors (Lipinski definition) is 1. The standard InChI is InChI=1S/C21H27N3S/c1-16-9-8-11-19(17(16)2)22-21(25)23(3)15-18-10-4-5-12-20(18)24-13-6-7-14-24/h4-5,8-12H,6-7,13-15H2,1-3H3,(H,22,25). The minimum absolute atomic E-state index is 0.755. The van der Waals surface area contributed by atoms with Crippen molar-refractivity contribution in [2.24, 2.45) is 0 Å². The van der Waals surface area contributed by atoms with E-state index in [4.69, 9.17) is 12.2 Å². The predicted octanol–water partition coefficient (Wildman–Crippen LogP) is 4.73. The molecule has 25 heavy (non-hydrogen) atoms. The van der Waals surface area contributed by atoms with Gasteiger partial charge in [-0.1, -0.05) is 30.3 Å². The molecule has 0 radical (unpaired) electrons. The largest absolute Gasteiger partial charge is 0.371 e. The number of anilines is 2. The van der Waals surface area contributed by atoms with Crippen molar-refractivity contribution in [3.8, 4) is 0 Å². The lowest BCUT2D eigenvalue weighted by Crippen LogP contribution is -2.31. The van der Waals surface area contributed by atoms with E-state index < -0.39 is 0 Å². The molecule has 0 atom stereocenters. The summed E-state index contributed by atoms with van der Waals surface area (Å²) in [7, 11) is 2.06. The van der Waals surface area contributed by atoms with Crippen LogP contribution in [0, 0.1) is 13.8 Å². The van der Waals surface area contributed by atoms with Gasteiger partial charge in [0.25, 0.3) is 0 Å². The third-order valence-electron chi connectivity index (χ3n) is 5.04. The zero-order valence-corrected chi connectivity index (χ0v) is 16.2. The molecule has 132 valence electrons. The van der Waals surface area contributed by atoms with Gasteiger partial charge < -0.3 is 15.1 Å². The molecule has 1 fully saturated rings. The van der Waals surface area contributed by atoms with Crippen LogP contribution in [0.4, 0.5) is 11.4 Å². The summed E-state index contributed by atoms with van der Waals surface area (Å²) in [4.78, 5) is 4.61. The summed E-state index contributed by atoms with van der Waals surface area (Å²) >= 11 is 5.64. The van der Waals surface area contributed by atoms with E-state index in [1.54, 1.807) is 0 Å². The lowest BCUT2D eigenvalue weighted by molar-refractivity contribution is 0.508. The quantitative estimate of drug-likeness (QED) is 0.801. The molecule has 0 bridgehead atoms. The summed E-state index contributed by atoms with van der Waals surface area (Å²) in [6, 6.07) is 15.0. The Kier molecular flexibility index (Phi) is 5.59. The van der Waals surface area contributed by atoms with E-state index in [0.717, 1.165) is 30.4 Å². The van der Waals surface area contributed by atoms with Crippen molar-refractivity contribution in [3.63, 3.8) is 0 Å². The second kappa shape index (κ2) is 7.87. The van der Waals surface area contributed by atoms with Crippen LogP contribution in [0.3, 0.4) is 0 Å². The Hall–Kier alpha value is -2.07. The third-order valence-corrected chi connectivity index (χ3v) is 5.45. The molecule has 1 heterocycles. The average molecular weight is 354 g/mol. The molecule has 0 spiro atoms. The molecule has 2 aromatic carbocycles. The first-order chi connectivity index (χ1) is 12.1. The highest BCUT2D eigenvalue weighted by molar-refractivity contribution is 7.80. The van der Waals surface area contributed by atoms with Crippen molar-refractivity contribution in [1.29, 1.82) is 0 Å². The van der Waals surface area contributed by atoms with Crippen LogP contribution in [0.15, 0.2) is 42.5 Å². The first-order valence-electron chi connectivity index (χ1n) is 8.97. The van der Waals surface area contributed by atoms with Gasteiger partial charge in [-0.15, -0.1) is 0 Å². The lowest BCUT2D eigenvalue weighted by atomic mass is 10.1. The van der Waals surface area contributed by atoms with Gasteiger partial charge in [-0.3, -0.25) is 0 Å². The molecule has 1 aliphatic heterocycles. The van der Waals surface area contributed by atoms with E-state index in [-0.39, 0.29) is 0 Å². The topological polar surface area (TPSA) is 18.5 Å². The number of para-hydroxylation sites is 1. The van der Waals surface area contributed by atoms with Gasteiger partial charge in [0, 0.05) is 38.1 Å². The van der Waals surface area contributed by atoms with Gasteiger partial charge in [-0.2, -0.15) is 0 Å². The summed E-state index contributed by atoms with van der Waals surface area (Å²) in [6.45, 7) is 7.38. The van der Waals surface area contributed by atoms with Crippen LogP contribution < -0.4 is 10.2 Å². The van der Waals surface area contributed by atoms with E-state index in [2.05, 4.69) is 78.5 Å². The van der Waals surface area contributed by atoms with E-state index >= 15 is 0 Å². The van der Waals surface area contributed by atoms with Crippen molar-refractivity contribution >= 4 is 28.7 Å². The zero-order chi connectivity index (χ0) is 17.8. The minimum Gasteiger partial charge on any atom is -0.371 e. The van der Waals surface area contributed by atoms with Gasteiger partial charge in [0.05, 0.1) is 0 Å². The van der Waals surface area contributed by atoms with Crippen molar-refractivity contribution in [3.05, 3.63) is 59.2 Å². The average Bonchev–Trinajstić information content (AvgIpc) is 3.14. The predicted molar refractivity (Wildman–Crippen MR) is 111 cm³/mol. The Morgan fingerprint density at radius 2 is 1.80 bits per heavy atom. The normalized spacial score (nSPS) is 13.8. The Balaban J connectivity index is 1.71. The second-order valence-electron chi connectivity index (χ2n) is 6.86. The maximum atomic E-state index is 5.64. The highest BCUT2D eigenvalue weighted by Crippen LogP contribution is 2.26. The summed E-state index contributed by atoms with van der Waals surface area (Å²) in [5.41, 5.74) is 6.29. The van der Waals surface area contributed by atoms with Gasteiger partial charge in [-0.05, 0) is 67.7 Å². The zero-order valence-electron chi connectivity index (χ0n) is 15.4. The number of nitrogens with one attached hydrogen (secondary N) is 1. The summed E-state index contributed by atoms with van der Waals surface area (Å²) < 4.78 is 0. The molecule has 0 aromatic heterocycles. The Labute approximate surface area is 156 Å². The first-order valence-corrected chi connectivity index (χ1v) is 9.38. The first kappa shape index (κ1) is 17.7. The Morgan fingerprint density at radius 3 is 2.56 bits per heavy atom. The molecule has 3 rings (SSSR count). The van der Waals surface area contributed by atoms with Crippen LogP contribution in [0.5, 0.6) is 0 Å². The van der Waals surface area contributed by atoms with E-state index in [0.29, 0.717) is 0 Å². The van der Waals surface area contributed by atoms with Gasteiger partial charge >= 0.3 is 0 Å². The number of hydrogen-bond acceptors (Lipinski definition) is 2. The van der Waals surface area contributed by atoms with Gasteiger partial charge in [0.1, 0.15) is 0 Å². The Bertz CT molecular complexity index is 751. The second-order valence-corrected chi connectivity index (χ2v) is 7.24. The number of nitrogens with zero attached hydrogens (tertiary/aromatic N) is 2. The molecule has 4 heteroatoms. The summed E-state index contributed by atoms with van der Waals surface area (Å²) in [5.74, 6) is 0. The maximum Gasteiger partial charge on any atom is 0.173 e. The molecule has 0 unspecified atom stereocenters. The minimum atomic E-state index is 0.755. The highest BCUT2D eigenvalue weighted by atomic mass is 32.1. The number of aryl methyl sites for hydroxylation is 1. The highest BCUT2D eigenvalue weighted by Gasteiger charge is 2.17. The van der Waals surface area contributed by atoms with Crippen LogP contribution in [0.1, 0.15) is 29.5 Å².